The Labute approximate surface area is 105 Å². The van der Waals surface area contributed by atoms with Crippen LogP contribution in [0.2, 0.25) is 0 Å². The molecule has 0 N–H and O–H groups in total. The van der Waals surface area contributed by atoms with E-state index in [4.69, 9.17) is 0 Å². The van der Waals surface area contributed by atoms with E-state index in [2.05, 4.69) is 4.98 Å². The summed E-state index contributed by atoms with van der Waals surface area (Å²) in [5.41, 5.74) is 0.483. The first-order chi connectivity index (χ1) is 8.47. The third kappa shape index (κ3) is 2.84. The van der Waals surface area contributed by atoms with Gasteiger partial charge in [0.1, 0.15) is 0 Å². The van der Waals surface area contributed by atoms with Crippen molar-refractivity contribution in [3.63, 3.8) is 0 Å². The van der Waals surface area contributed by atoms with Crippen LogP contribution in [0.4, 0.5) is 0 Å². The van der Waals surface area contributed by atoms with Crippen molar-refractivity contribution in [2.24, 2.45) is 0 Å². The minimum Gasteiger partial charge on any atom is -0.330 e. The van der Waals surface area contributed by atoms with Gasteiger partial charge in [-0.15, -0.1) is 0 Å². The third-order valence-electron chi connectivity index (χ3n) is 2.49. The summed E-state index contributed by atoms with van der Waals surface area (Å²) in [5, 5.41) is 0. The molecule has 0 radical (unpaired) electrons. The number of rotatable bonds is 4. The Morgan fingerprint density at radius 2 is 1.94 bits per heavy atom. The summed E-state index contributed by atoms with van der Waals surface area (Å²) in [6.07, 6.45) is 5.99. The maximum atomic E-state index is 11.9. The van der Waals surface area contributed by atoms with Gasteiger partial charge in [0.25, 0.3) is 0 Å². The fraction of sp³-hybridized carbons (Fsp3) is 0.167. The van der Waals surface area contributed by atoms with Crippen LogP contribution >= 0.6 is 0 Å². The second kappa shape index (κ2) is 4.73. The number of carbonyl (C=O) groups is 1. The van der Waals surface area contributed by atoms with E-state index >= 15 is 0 Å². The number of aromatic nitrogens is 2. The molecule has 0 aliphatic rings. The van der Waals surface area contributed by atoms with E-state index in [-0.39, 0.29) is 17.2 Å². The van der Waals surface area contributed by atoms with Crippen LogP contribution in [-0.2, 0) is 16.4 Å². The van der Waals surface area contributed by atoms with Crippen LogP contribution in [0.5, 0.6) is 0 Å². The molecule has 1 heterocycles. The van der Waals surface area contributed by atoms with Gasteiger partial charge in [-0.2, -0.15) is 0 Å². The summed E-state index contributed by atoms with van der Waals surface area (Å²) in [6, 6.07) is 5.93. The van der Waals surface area contributed by atoms with Gasteiger partial charge in [-0.1, -0.05) is 12.1 Å². The summed E-state index contributed by atoms with van der Waals surface area (Å²) < 4.78 is 24.2. The van der Waals surface area contributed by atoms with E-state index in [1.54, 1.807) is 23.3 Å². The van der Waals surface area contributed by atoms with Crippen molar-refractivity contribution in [2.75, 3.05) is 6.26 Å². The molecule has 0 saturated carbocycles. The van der Waals surface area contributed by atoms with E-state index in [1.807, 2.05) is 0 Å². The monoisotopic (exact) mass is 264 g/mol. The van der Waals surface area contributed by atoms with Gasteiger partial charge in [0.2, 0.25) is 0 Å². The SMILES string of the molecule is CS(=O)(=O)c1ccc(C(=O)Cn2ccnc2)cc1. The van der Waals surface area contributed by atoms with Crippen molar-refractivity contribution in [3.05, 3.63) is 48.5 Å². The predicted molar refractivity (Wildman–Crippen MR) is 66.1 cm³/mol. The molecule has 0 fully saturated rings. The normalized spacial score (nSPS) is 11.4. The molecule has 0 atom stereocenters. The first-order valence-corrected chi connectivity index (χ1v) is 7.15. The summed E-state index contributed by atoms with van der Waals surface area (Å²) >= 11 is 0. The van der Waals surface area contributed by atoms with E-state index in [1.165, 1.54) is 24.3 Å². The Morgan fingerprint density at radius 3 is 2.44 bits per heavy atom. The second-order valence-electron chi connectivity index (χ2n) is 3.95. The molecule has 94 valence electrons. The molecule has 5 nitrogen and oxygen atoms in total. The van der Waals surface area contributed by atoms with Gasteiger partial charge in [0.05, 0.1) is 17.8 Å². The lowest BCUT2D eigenvalue weighted by Gasteiger charge is -2.03. The first-order valence-electron chi connectivity index (χ1n) is 5.26. The standard InChI is InChI=1S/C12H12N2O3S/c1-18(16,17)11-4-2-10(3-5-11)12(15)8-14-7-6-13-9-14/h2-7,9H,8H2,1H3. The molecule has 0 aliphatic heterocycles. The lowest BCUT2D eigenvalue weighted by molar-refractivity contribution is 0.0972. The maximum absolute atomic E-state index is 11.9. The van der Waals surface area contributed by atoms with Crippen molar-refractivity contribution < 1.29 is 13.2 Å². The molecular formula is C12H12N2O3S. The average molecular weight is 264 g/mol. The van der Waals surface area contributed by atoms with E-state index < -0.39 is 9.84 Å². The van der Waals surface area contributed by atoms with Crippen molar-refractivity contribution in [2.45, 2.75) is 11.4 Å². The Bertz CT molecular complexity index is 643. The van der Waals surface area contributed by atoms with Crippen LogP contribution in [0.3, 0.4) is 0 Å². The quantitative estimate of drug-likeness (QED) is 0.777. The topological polar surface area (TPSA) is 69.0 Å². The van der Waals surface area contributed by atoms with Crippen LogP contribution < -0.4 is 0 Å². The molecule has 1 aromatic carbocycles. The molecule has 0 aliphatic carbocycles. The van der Waals surface area contributed by atoms with Gasteiger partial charge in [-0.25, -0.2) is 13.4 Å². The van der Waals surface area contributed by atoms with Crippen molar-refractivity contribution >= 4 is 15.6 Å². The smallest absolute Gasteiger partial charge is 0.182 e. The highest BCUT2D eigenvalue weighted by Gasteiger charge is 2.10. The number of benzene rings is 1. The molecule has 0 unspecified atom stereocenters. The molecule has 2 rings (SSSR count). The number of Topliss-reactive ketones (excluding diaryl/α,β-unsaturated/α-hetero) is 1. The molecule has 0 amide bonds. The molecule has 2 aromatic rings. The van der Waals surface area contributed by atoms with Crippen LogP contribution in [0.1, 0.15) is 10.4 Å². The lowest BCUT2D eigenvalue weighted by Crippen LogP contribution is -2.09. The van der Waals surface area contributed by atoms with Crippen LogP contribution in [-0.4, -0.2) is 30.0 Å². The second-order valence-corrected chi connectivity index (χ2v) is 5.97. The van der Waals surface area contributed by atoms with Crippen molar-refractivity contribution in [3.8, 4) is 0 Å². The van der Waals surface area contributed by atoms with Gasteiger partial charge in [-0.05, 0) is 12.1 Å². The van der Waals surface area contributed by atoms with Gasteiger partial charge in [0.15, 0.2) is 15.6 Å². The van der Waals surface area contributed by atoms with E-state index in [0.717, 1.165) is 6.26 Å². The summed E-state index contributed by atoms with van der Waals surface area (Å²) in [5.74, 6) is -0.0898. The Hall–Kier alpha value is -1.95. The van der Waals surface area contributed by atoms with Crippen molar-refractivity contribution in [1.82, 2.24) is 9.55 Å². The van der Waals surface area contributed by atoms with Gasteiger partial charge >= 0.3 is 0 Å². The average Bonchev–Trinajstić information content (AvgIpc) is 2.81. The highest BCUT2D eigenvalue weighted by Crippen LogP contribution is 2.11. The van der Waals surface area contributed by atoms with Crippen LogP contribution in [0.15, 0.2) is 47.9 Å². The highest BCUT2D eigenvalue weighted by atomic mass is 32.2. The molecular weight excluding hydrogens is 252 g/mol. The minimum absolute atomic E-state index is 0.0898. The van der Waals surface area contributed by atoms with Gasteiger partial charge in [-0.3, -0.25) is 4.79 Å². The van der Waals surface area contributed by atoms with Gasteiger partial charge in [0, 0.05) is 24.2 Å². The summed E-state index contributed by atoms with van der Waals surface area (Å²) in [6.45, 7) is 0.193. The number of hydrogen-bond donors (Lipinski definition) is 0. The first kappa shape index (κ1) is 12.5. The number of hydrogen-bond acceptors (Lipinski definition) is 4. The zero-order valence-corrected chi connectivity index (χ0v) is 10.6. The Kier molecular flexibility index (Phi) is 3.29. The fourth-order valence-electron chi connectivity index (χ4n) is 1.53. The molecule has 6 heteroatoms. The largest absolute Gasteiger partial charge is 0.330 e. The minimum atomic E-state index is -3.22. The van der Waals surface area contributed by atoms with Crippen molar-refractivity contribution in [1.29, 1.82) is 0 Å². The zero-order chi connectivity index (χ0) is 13.2. The number of ketones is 1. The predicted octanol–water partition coefficient (Wildman–Crippen LogP) is 1.17. The summed E-state index contributed by atoms with van der Waals surface area (Å²) in [7, 11) is -3.22. The number of carbonyl (C=O) groups excluding carboxylic acids is 1. The third-order valence-corrected chi connectivity index (χ3v) is 3.62. The molecule has 0 saturated heterocycles. The van der Waals surface area contributed by atoms with Gasteiger partial charge < -0.3 is 4.57 Å². The highest BCUT2D eigenvalue weighted by molar-refractivity contribution is 7.90. The number of sulfone groups is 1. The van der Waals surface area contributed by atoms with Crippen LogP contribution in [0, 0.1) is 0 Å². The number of imidazole rings is 1. The molecule has 0 spiro atoms. The lowest BCUT2D eigenvalue weighted by atomic mass is 10.1. The molecule has 0 bridgehead atoms. The van der Waals surface area contributed by atoms with Crippen LogP contribution in [0.25, 0.3) is 0 Å². The van der Waals surface area contributed by atoms with E-state index in [0.29, 0.717) is 5.56 Å². The zero-order valence-electron chi connectivity index (χ0n) is 9.78. The fourth-order valence-corrected chi connectivity index (χ4v) is 2.16. The Balaban J connectivity index is 2.17. The summed E-state index contributed by atoms with van der Waals surface area (Å²) in [4.78, 5) is 15.9. The molecule has 1 aromatic heterocycles. The molecule has 18 heavy (non-hydrogen) atoms. The number of nitrogens with zero attached hydrogens (tertiary/aromatic N) is 2. The van der Waals surface area contributed by atoms with E-state index in [9.17, 15) is 13.2 Å². The Morgan fingerprint density at radius 1 is 1.28 bits per heavy atom. The maximum Gasteiger partial charge on any atom is 0.182 e.